The largest absolute Gasteiger partial charge is 0.288 e. The molecular weight excluding hydrogens is 148 g/mol. The lowest BCUT2D eigenvalue weighted by molar-refractivity contribution is 0.236. The maximum atomic E-state index is 8.77. The zero-order valence-corrected chi connectivity index (χ0v) is 8.08. The van der Waals surface area contributed by atoms with Crippen molar-refractivity contribution in [1.29, 1.82) is 5.26 Å². The summed E-state index contributed by atoms with van der Waals surface area (Å²) in [5.41, 5.74) is 0. The van der Waals surface area contributed by atoms with Gasteiger partial charge < -0.3 is 0 Å². The van der Waals surface area contributed by atoms with Crippen molar-refractivity contribution in [3.8, 4) is 6.07 Å². The minimum Gasteiger partial charge on any atom is -0.288 e. The van der Waals surface area contributed by atoms with Crippen LogP contribution in [0.25, 0.3) is 0 Å². The predicted molar refractivity (Wildman–Crippen MR) is 49.7 cm³/mol. The highest BCUT2D eigenvalue weighted by atomic mass is 15.1. The molecule has 0 N–H and O–H groups in total. The van der Waals surface area contributed by atoms with Crippen LogP contribution in [-0.4, -0.2) is 24.0 Å². The standard InChI is InChI=1S/C10H18N2/c1-3-6-12(9(2)7-11)8-10-4-5-10/h9-10H,3-6,8H2,1-2H3. The molecule has 1 aliphatic carbocycles. The van der Waals surface area contributed by atoms with E-state index in [0.717, 1.165) is 25.4 Å². The first kappa shape index (κ1) is 9.54. The molecule has 0 aromatic heterocycles. The Morgan fingerprint density at radius 1 is 1.58 bits per heavy atom. The van der Waals surface area contributed by atoms with Gasteiger partial charge in [-0.1, -0.05) is 6.92 Å². The van der Waals surface area contributed by atoms with Gasteiger partial charge in [0.1, 0.15) is 0 Å². The fraction of sp³-hybridized carbons (Fsp3) is 0.900. The summed E-state index contributed by atoms with van der Waals surface area (Å²) in [4.78, 5) is 2.30. The van der Waals surface area contributed by atoms with E-state index >= 15 is 0 Å². The van der Waals surface area contributed by atoms with Crippen LogP contribution in [-0.2, 0) is 0 Å². The zero-order chi connectivity index (χ0) is 8.97. The highest BCUT2D eigenvalue weighted by molar-refractivity contribution is 4.90. The molecule has 0 bridgehead atoms. The van der Waals surface area contributed by atoms with Crippen LogP contribution in [0.5, 0.6) is 0 Å². The molecule has 1 atom stereocenters. The van der Waals surface area contributed by atoms with E-state index in [1.165, 1.54) is 12.8 Å². The fourth-order valence-electron chi connectivity index (χ4n) is 1.44. The maximum Gasteiger partial charge on any atom is 0.0949 e. The van der Waals surface area contributed by atoms with Crippen LogP contribution < -0.4 is 0 Å². The summed E-state index contributed by atoms with van der Waals surface area (Å²) in [6.45, 7) is 6.38. The summed E-state index contributed by atoms with van der Waals surface area (Å²) < 4.78 is 0. The molecule has 1 aliphatic rings. The molecule has 0 aliphatic heterocycles. The Kier molecular flexibility index (Phi) is 3.55. The average molecular weight is 166 g/mol. The Morgan fingerprint density at radius 3 is 2.67 bits per heavy atom. The quantitative estimate of drug-likeness (QED) is 0.624. The Labute approximate surface area is 75.2 Å². The number of nitriles is 1. The Hall–Kier alpha value is -0.550. The second kappa shape index (κ2) is 4.47. The van der Waals surface area contributed by atoms with Crippen molar-refractivity contribution in [3.05, 3.63) is 0 Å². The van der Waals surface area contributed by atoms with E-state index in [4.69, 9.17) is 5.26 Å². The van der Waals surface area contributed by atoms with Gasteiger partial charge in [0, 0.05) is 6.54 Å². The fourth-order valence-corrected chi connectivity index (χ4v) is 1.44. The van der Waals surface area contributed by atoms with E-state index < -0.39 is 0 Å². The maximum absolute atomic E-state index is 8.77. The molecule has 12 heavy (non-hydrogen) atoms. The molecule has 68 valence electrons. The van der Waals surface area contributed by atoms with Gasteiger partial charge >= 0.3 is 0 Å². The molecule has 0 heterocycles. The zero-order valence-electron chi connectivity index (χ0n) is 8.08. The molecule has 2 nitrogen and oxygen atoms in total. The lowest BCUT2D eigenvalue weighted by Crippen LogP contribution is -2.34. The van der Waals surface area contributed by atoms with Crippen LogP contribution in [0.4, 0.5) is 0 Å². The van der Waals surface area contributed by atoms with Gasteiger partial charge in [-0.2, -0.15) is 5.26 Å². The number of hydrogen-bond donors (Lipinski definition) is 0. The molecule has 0 aromatic carbocycles. The van der Waals surface area contributed by atoms with Crippen molar-refractivity contribution >= 4 is 0 Å². The van der Waals surface area contributed by atoms with E-state index in [1.54, 1.807) is 0 Å². The molecule has 1 rings (SSSR count). The SMILES string of the molecule is CCCN(CC1CC1)C(C)C#N. The van der Waals surface area contributed by atoms with E-state index in [9.17, 15) is 0 Å². The normalized spacial score (nSPS) is 19.2. The van der Waals surface area contributed by atoms with Gasteiger partial charge in [-0.15, -0.1) is 0 Å². The number of rotatable bonds is 5. The molecule has 2 heteroatoms. The lowest BCUT2D eigenvalue weighted by atomic mass is 10.2. The van der Waals surface area contributed by atoms with Crippen LogP contribution >= 0.6 is 0 Å². The topological polar surface area (TPSA) is 27.0 Å². The van der Waals surface area contributed by atoms with Crippen molar-refractivity contribution < 1.29 is 0 Å². The third-order valence-corrected chi connectivity index (χ3v) is 2.44. The monoisotopic (exact) mass is 166 g/mol. The molecule has 0 saturated heterocycles. The van der Waals surface area contributed by atoms with Gasteiger partial charge in [0.15, 0.2) is 0 Å². The van der Waals surface area contributed by atoms with Crippen LogP contribution in [0.2, 0.25) is 0 Å². The highest BCUT2D eigenvalue weighted by Crippen LogP contribution is 2.30. The van der Waals surface area contributed by atoms with Crippen LogP contribution in [0.1, 0.15) is 33.1 Å². The minimum atomic E-state index is 0.102. The smallest absolute Gasteiger partial charge is 0.0949 e. The summed E-state index contributed by atoms with van der Waals surface area (Å²) in [6.07, 6.45) is 3.90. The van der Waals surface area contributed by atoms with Gasteiger partial charge in [-0.05, 0) is 38.6 Å². The third-order valence-electron chi connectivity index (χ3n) is 2.44. The van der Waals surface area contributed by atoms with Crippen molar-refractivity contribution in [2.45, 2.75) is 39.2 Å². The van der Waals surface area contributed by atoms with E-state index in [-0.39, 0.29) is 6.04 Å². The third kappa shape index (κ3) is 2.83. The first-order valence-electron chi connectivity index (χ1n) is 4.91. The number of nitrogens with zero attached hydrogens (tertiary/aromatic N) is 2. The molecule has 0 spiro atoms. The molecule has 0 aromatic rings. The predicted octanol–water partition coefficient (Wildman–Crippen LogP) is 2.02. The molecule has 1 saturated carbocycles. The summed E-state index contributed by atoms with van der Waals surface area (Å²) in [5.74, 6) is 0.896. The van der Waals surface area contributed by atoms with Gasteiger partial charge in [-0.3, -0.25) is 4.90 Å². The van der Waals surface area contributed by atoms with Crippen LogP contribution in [0.15, 0.2) is 0 Å². The van der Waals surface area contributed by atoms with Crippen LogP contribution in [0.3, 0.4) is 0 Å². The van der Waals surface area contributed by atoms with E-state index in [0.29, 0.717) is 0 Å². The van der Waals surface area contributed by atoms with Crippen molar-refractivity contribution in [2.24, 2.45) is 5.92 Å². The highest BCUT2D eigenvalue weighted by Gasteiger charge is 2.25. The van der Waals surface area contributed by atoms with Gasteiger partial charge in [-0.25, -0.2) is 0 Å². The summed E-state index contributed by atoms with van der Waals surface area (Å²) >= 11 is 0. The summed E-state index contributed by atoms with van der Waals surface area (Å²) in [5, 5.41) is 8.77. The Bertz CT molecular complexity index is 167. The molecule has 0 radical (unpaired) electrons. The second-order valence-corrected chi connectivity index (χ2v) is 3.74. The minimum absolute atomic E-state index is 0.102. The summed E-state index contributed by atoms with van der Waals surface area (Å²) in [7, 11) is 0. The van der Waals surface area contributed by atoms with Gasteiger partial charge in [0.05, 0.1) is 12.1 Å². The average Bonchev–Trinajstić information content (AvgIpc) is 2.86. The van der Waals surface area contributed by atoms with Crippen LogP contribution in [0, 0.1) is 17.2 Å². The van der Waals surface area contributed by atoms with E-state index in [2.05, 4.69) is 17.9 Å². The molecule has 1 unspecified atom stereocenters. The van der Waals surface area contributed by atoms with Crippen molar-refractivity contribution in [3.63, 3.8) is 0 Å². The lowest BCUT2D eigenvalue weighted by Gasteiger charge is -2.23. The van der Waals surface area contributed by atoms with Gasteiger partial charge in [0.2, 0.25) is 0 Å². The van der Waals surface area contributed by atoms with E-state index in [1.807, 2.05) is 6.92 Å². The van der Waals surface area contributed by atoms with Crippen molar-refractivity contribution in [2.75, 3.05) is 13.1 Å². The second-order valence-electron chi connectivity index (χ2n) is 3.74. The summed E-state index contributed by atoms with van der Waals surface area (Å²) in [6, 6.07) is 2.41. The first-order chi connectivity index (χ1) is 5.77. The van der Waals surface area contributed by atoms with Gasteiger partial charge in [0.25, 0.3) is 0 Å². The Balaban J connectivity index is 2.31. The molecular formula is C10H18N2. The molecule has 0 amide bonds. The van der Waals surface area contributed by atoms with Crippen molar-refractivity contribution in [1.82, 2.24) is 4.90 Å². The number of hydrogen-bond acceptors (Lipinski definition) is 2. The molecule has 1 fully saturated rings. The Morgan fingerprint density at radius 2 is 2.25 bits per heavy atom. The first-order valence-corrected chi connectivity index (χ1v) is 4.91.